The second kappa shape index (κ2) is 5.19. The predicted molar refractivity (Wildman–Crippen MR) is 71.1 cm³/mol. The van der Waals surface area contributed by atoms with E-state index in [2.05, 4.69) is 23.5 Å². The molecule has 1 heterocycles. The lowest BCUT2D eigenvalue weighted by atomic mass is 9.91. The molecule has 0 radical (unpaired) electrons. The van der Waals surface area contributed by atoms with Crippen LogP contribution in [0.5, 0.6) is 0 Å². The van der Waals surface area contributed by atoms with Gasteiger partial charge in [0, 0.05) is 6.54 Å². The van der Waals surface area contributed by atoms with Crippen LogP contribution in [0.25, 0.3) is 0 Å². The van der Waals surface area contributed by atoms with Gasteiger partial charge in [-0.25, -0.2) is 0 Å². The van der Waals surface area contributed by atoms with Gasteiger partial charge in [-0.05, 0) is 62.8 Å². The molecule has 0 aromatic heterocycles. The zero-order chi connectivity index (χ0) is 12.3. The molecule has 0 saturated carbocycles. The molecule has 0 unspecified atom stereocenters. The molecule has 17 heavy (non-hydrogen) atoms. The number of hydrogen-bond acceptors (Lipinski definition) is 2. The van der Waals surface area contributed by atoms with Crippen LogP contribution in [0, 0.1) is 0 Å². The molecule has 2 nitrogen and oxygen atoms in total. The Bertz CT molecular complexity index is 379. The van der Waals surface area contributed by atoms with Crippen molar-refractivity contribution in [2.75, 3.05) is 6.54 Å². The fraction of sp³-hybridized carbons (Fsp3) is 0.600. The topological polar surface area (TPSA) is 32.3 Å². The summed E-state index contributed by atoms with van der Waals surface area (Å²) in [4.78, 5) is 0. The Morgan fingerprint density at radius 1 is 1.35 bits per heavy atom. The minimum atomic E-state index is -0.564. The normalized spacial score (nSPS) is 16.4. The molecule has 0 fully saturated rings. The first-order chi connectivity index (χ1) is 8.06. The van der Waals surface area contributed by atoms with Gasteiger partial charge in [0.25, 0.3) is 0 Å². The summed E-state index contributed by atoms with van der Waals surface area (Å²) < 4.78 is 0. The molecule has 2 heteroatoms. The van der Waals surface area contributed by atoms with E-state index in [4.69, 9.17) is 0 Å². The maximum atomic E-state index is 9.83. The number of aliphatic hydroxyl groups is 1. The van der Waals surface area contributed by atoms with E-state index in [1.54, 1.807) is 0 Å². The van der Waals surface area contributed by atoms with E-state index in [1.165, 1.54) is 29.5 Å². The summed E-state index contributed by atoms with van der Waals surface area (Å²) in [5.74, 6) is 0. The monoisotopic (exact) mass is 233 g/mol. The Kier molecular flexibility index (Phi) is 3.85. The van der Waals surface area contributed by atoms with E-state index in [-0.39, 0.29) is 0 Å². The van der Waals surface area contributed by atoms with Gasteiger partial charge in [0.2, 0.25) is 0 Å². The van der Waals surface area contributed by atoms with Crippen LogP contribution in [0.4, 0.5) is 0 Å². The SMILES string of the molecule is CC(C)(O)CCc1cccc2c1CCCNC2. The Morgan fingerprint density at radius 2 is 2.18 bits per heavy atom. The fourth-order valence-corrected chi connectivity index (χ4v) is 2.46. The molecule has 1 aromatic rings. The zero-order valence-corrected chi connectivity index (χ0v) is 10.9. The van der Waals surface area contributed by atoms with E-state index in [9.17, 15) is 5.11 Å². The highest BCUT2D eigenvalue weighted by atomic mass is 16.3. The van der Waals surface area contributed by atoms with Crippen molar-refractivity contribution in [3.05, 3.63) is 34.9 Å². The third kappa shape index (κ3) is 3.55. The molecule has 94 valence electrons. The van der Waals surface area contributed by atoms with Gasteiger partial charge in [-0.1, -0.05) is 18.2 Å². The van der Waals surface area contributed by atoms with Gasteiger partial charge < -0.3 is 10.4 Å². The largest absolute Gasteiger partial charge is 0.390 e. The first-order valence-corrected chi connectivity index (χ1v) is 6.59. The summed E-state index contributed by atoms with van der Waals surface area (Å²) in [6.45, 7) is 5.87. The molecule has 0 saturated heterocycles. The van der Waals surface area contributed by atoms with E-state index in [0.717, 1.165) is 25.9 Å². The lowest BCUT2D eigenvalue weighted by Gasteiger charge is -2.19. The number of hydrogen-bond donors (Lipinski definition) is 2. The van der Waals surface area contributed by atoms with Crippen LogP contribution in [0.15, 0.2) is 18.2 Å². The van der Waals surface area contributed by atoms with Crippen molar-refractivity contribution in [3.8, 4) is 0 Å². The summed E-state index contributed by atoms with van der Waals surface area (Å²) in [5.41, 5.74) is 3.82. The molecule has 2 N–H and O–H groups in total. The third-order valence-electron chi connectivity index (χ3n) is 3.47. The van der Waals surface area contributed by atoms with Crippen molar-refractivity contribution in [3.63, 3.8) is 0 Å². The Hall–Kier alpha value is -0.860. The minimum Gasteiger partial charge on any atom is -0.390 e. The standard InChI is InChI=1S/C15H23NO/c1-15(2,17)9-8-12-5-3-6-13-11-16-10-4-7-14(12)13/h3,5-6,16-17H,4,7-11H2,1-2H3. The number of aryl methyl sites for hydroxylation is 1. The molecule has 0 spiro atoms. The van der Waals surface area contributed by atoms with E-state index in [0.29, 0.717) is 0 Å². The van der Waals surface area contributed by atoms with Crippen LogP contribution in [0.2, 0.25) is 0 Å². The first-order valence-electron chi connectivity index (χ1n) is 6.59. The summed E-state index contributed by atoms with van der Waals surface area (Å²) >= 11 is 0. The van der Waals surface area contributed by atoms with Gasteiger partial charge in [0.1, 0.15) is 0 Å². The summed E-state index contributed by atoms with van der Waals surface area (Å²) in [5, 5.41) is 13.3. The molecular weight excluding hydrogens is 210 g/mol. The van der Waals surface area contributed by atoms with Crippen LogP contribution in [0.3, 0.4) is 0 Å². The van der Waals surface area contributed by atoms with Gasteiger partial charge in [0.15, 0.2) is 0 Å². The summed E-state index contributed by atoms with van der Waals surface area (Å²) in [7, 11) is 0. The van der Waals surface area contributed by atoms with E-state index in [1.807, 2.05) is 13.8 Å². The number of benzene rings is 1. The van der Waals surface area contributed by atoms with Crippen molar-refractivity contribution in [1.29, 1.82) is 0 Å². The Labute approximate surface area is 104 Å². The van der Waals surface area contributed by atoms with E-state index >= 15 is 0 Å². The van der Waals surface area contributed by atoms with Crippen LogP contribution in [-0.4, -0.2) is 17.3 Å². The highest BCUT2D eigenvalue weighted by Gasteiger charge is 2.15. The molecule has 1 aromatic carbocycles. The average Bonchev–Trinajstić information content (AvgIpc) is 2.50. The van der Waals surface area contributed by atoms with Crippen molar-refractivity contribution >= 4 is 0 Å². The first kappa shape index (κ1) is 12.6. The molecule has 0 aliphatic carbocycles. The summed E-state index contributed by atoms with van der Waals surface area (Å²) in [6.07, 6.45) is 4.19. The number of rotatable bonds is 3. The highest BCUT2D eigenvalue weighted by molar-refractivity contribution is 5.36. The minimum absolute atomic E-state index is 0.564. The Morgan fingerprint density at radius 3 is 2.94 bits per heavy atom. The van der Waals surface area contributed by atoms with Gasteiger partial charge >= 0.3 is 0 Å². The second-order valence-corrected chi connectivity index (χ2v) is 5.65. The molecule has 1 aliphatic heterocycles. The molecule has 0 amide bonds. The van der Waals surface area contributed by atoms with Gasteiger partial charge in [-0.15, -0.1) is 0 Å². The van der Waals surface area contributed by atoms with Crippen LogP contribution in [-0.2, 0) is 19.4 Å². The zero-order valence-electron chi connectivity index (χ0n) is 10.9. The van der Waals surface area contributed by atoms with Crippen molar-refractivity contribution in [1.82, 2.24) is 5.32 Å². The second-order valence-electron chi connectivity index (χ2n) is 5.65. The lowest BCUT2D eigenvalue weighted by Crippen LogP contribution is -2.19. The fourth-order valence-electron chi connectivity index (χ4n) is 2.46. The van der Waals surface area contributed by atoms with Crippen molar-refractivity contribution in [2.45, 2.75) is 51.7 Å². The van der Waals surface area contributed by atoms with Gasteiger partial charge in [-0.2, -0.15) is 0 Å². The third-order valence-corrected chi connectivity index (χ3v) is 3.47. The lowest BCUT2D eigenvalue weighted by molar-refractivity contribution is 0.0713. The smallest absolute Gasteiger partial charge is 0.0594 e. The number of nitrogens with one attached hydrogen (secondary N) is 1. The molecule has 2 rings (SSSR count). The molecule has 0 atom stereocenters. The maximum Gasteiger partial charge on any atom is 0.0594 e. The van der Waals surface area contributed by atoms with Crippen molar-refractivity contribution in [2.24, 2.45) is 0 Å². The highest BCUT2D eigenvalue weighted by Crippen LogP contribution is 2.22. The van der Waals surface area contributed by atoms with Crippen LogP contribution >= 0.6 is 0 Å². The van der Waals surface area contributed by atoms with Gasteiger partial charge in [0.05, 0.1) is 5.60 Å². The van der Waals surface area contributed by atoms with Crippen molar-refractivity contribution < 1.29 is 5.11 Å². The van der Waals surface area contributed by atoms with Gasteiger partial charge in [-0.3, -0.25) is 0 Å². The maximum absolute atomic E-state index is 9.83. The average molecular weight is 233 g/mol. The molecule has 0 bridgehead atoms. The summed E-state index contributed by atoms with van der Waals surface area (Å²) in [6, 6.07) is 6.59. The van der Waals surface area contributed by atoms with Crippen LogP contribution < -0.4 is 5.32 Å². The predicted octanol–water partition coefficient (Wildman–Crippen LogP) is 2.43. The van der Waals surface area contributed by atoms with Crippen LogP contribution in [0.1, 0.15) is 43.4 Å². The Balaban J connectivity index is 2.17. The molecule has 1 aliphatic rings. The molecular formula is C15H23NO. The quantitative estimate of drug-likeness (QED) is 0.840. The van der Waals surface area contributed by atoms with E-state index < -0.39 is 5.60 Å². The number of fused-ring (bicyclic) bond motifs is 1.